The van der Waals surface area contributed by atoms with E-state index in [2.05, 4.69) is 5.32 Å². The van der Waals surface area contributed by atoms with Gasteiger partial charge in [-0.2, -0.15) is 0 Å². The highest BCUT2D eigenvalue weighted by molar-refractivity contribution is 7.80. The van der Waals surface area contributed by atoms with Crippen LogP contribution in [0.1, 0.15) is 28.4 Å². The Morgan fingerprint density at radius 2 is 2.12 bits per heavy atom. The van der Waals surface area contributed by atoms with E-state index in [1.54, 1.807) is 0 Å². The second-order valence-corrected chi connectivity index (χ2v) is 4.80. The molecule has 0 saturated carbocycles. The van der Waals surface area contributed by atoms with Crippen molar-refractivity contribution >= 4 is 23.1 Å². The highest BCUT2D eigenvalue weighted by Crippen LogP contribution is 2.10. The van der Waals surface area contributed by atoms with Crippen LogP contribution in [0, 0.1) is 19.8 Å². The fourth-order valence-electron chi connectivity index (χ4n) is 1.42. The Morgan fingerprint density at radius 3 is 2.71 bits per heavy atom. The molecule has 0 bridgehead atoms. The van der Waals surface area contributed by atoms with Crippen LogP contribution in [-0.4, -0.2) is 17.4 Å². The molecule has 1 amide bonds. The van der Waals surface area contributed by atoms with Crippen LogP contribution in [-0.2, 0) is 0 Å². The molecule has 92 valence electrons. The van der Waals surface area contributed by atoms with Crippen LogP contribution in [0.5, 0.6) is 0 Å². The number of benzene rings is 1. The number of thiocarbonyl (C=S) groups is 1. The molecule has 0 aromatic heterocycles. The van der Waals surface area contributed by atoms with Gasteiger partial charge in [0.25, 0.3) is 5.91 Å². The van der Waals surface area contributed by atoms with Crippen molar-refractivity contribution in [1.29, 1.82) is 0 Å². The monoisotopic (exact) mass is 250 g/mol. The van der Waals surface area contributed by atoms with Gasteiger partial charge in [-0.1, -0.05) is 36.8 Å². The lowest BCUT2D eigenvalue weighted by atomic mass is 10.0. The van der Waals surface area contributed by atoms with Gasteiger partial charge < -0.3 is 11.1 Å². The smallest absolute Gasteiger partial charge is 0.251 e. The van der Waals surface area contributed by atoms with E-state index in [1.165, 1.54) is 0 Å². The fourth-order valence-corrected chi connectivity index (χ4v) is 1.51. The Morgan fingerprint density at radius 1 is 1.47 bits per heavy atom. The molecule has 0 radical (unpaired) electrons. The number of aryl methyl sites for hydroxylation is 2. The summed E-state index contributed by atoms with van der Waals surface area (Å²) in [4.78, 5) is 12.4. The first-order valence-electron chi connectivity index (χ1n) is 5.56. The number of nitrogens with one attached hydrogen (secondary N) is 1. The molecule has 1 aromatic rings. The number of nitrogens with two attached hydrogens (primary N) is 1. The average Bonchev–Trinajstić information content (AvgIpc) is 2.28. The molecule has 0 heterocycles. The van der Waals surface area contributed by atoms with Crippen LogP contribution in [0.15, 0.2) is 18.2 Å². The van der Waals surface area contributed by atoms with Crippen LogP contribution in [0.2, 0.25) is 0 Å². The Balaban J connectivity index is 2.70. The summed E-state index contributed by atoms with van der Waals surface area (Å²) in [6, 6.07) is 5.82. The highest BCUT2D eigenvalue weighted by Gasteiger charge is 2.11. The van der Waals surface area contributed by atoms with Gasteiger partial charge in [-0.15, -0.1) is 0 Å². The second kappa shape index (κ2) is 5.77. The lowest BCUT2D eigenvalue weighted by Crippen LogP contribution is -2.33. The zero-order valence-corrected chi connectivity index (χ0v) is 11.2. The van der Waals surface area contributed by atoms with E-state index < -0.39 is 0 Å². The number of rotatable bonds is 4. The van der Waals surface area contributed by atoms with E-state index in [0.29, 0.717) is 17.1 Å². The van der Waals surface area contributed by atoms with Crippen LogP contribution in [0.4, 0.5) is 0 Å². The number of carbonyl (C=O) groups excluding carboxylic acids is 1. The Kier molecular flexibility index (Phi) is 4.63. The maximum absolute atomic E-state index is 11.9. The molecule has 1 aromatic carbocycles. The van der Waals surface area contributed by atoms with E-state index in [1.807, 2.05) is 39.0 Å². The predicted octanol–water partition coefficient (Wildman–Crippen LogP) is 1.96. The Hall–Kier alpha value is -1.42. The van der Waals surface area contributed by atoms with E-state index in [-0.39, 0.29) is 11.8 Å². The summed E-state index contributed by atoms with van der Waals surface area (Å²) in [7, 11) is 0. The predicted molar refractivity (Wildman–Crippen MR) is 74.2 cm³/mol. The van der Waals surface area contributed by atoms with Gasteiger partial charge in [0.2, 0.25) is 0 Å². The zero-order valence-electron chi connectivity index (χ0n) is 10.4. The SMILES string of the molecule is Cc1ccc(C)c(C(=O)NCC(C)C(N)=S)c1. The largest absolute Gasteiger partial charge is 0.393 e. The van der Waals surface area contributed by atoms with E-state index in [0.717, 1.165) is 11.1 Å². The number of hydrogen-bond donors (Lipinski definition) is 2. The van der Waals surface area contributed by atoms with Gasteiger partial charge in [-0.25, -0.2) is 0 Å². The molecular weight excluding hydrogens is 232 g/mol. The summed E-state index contributed by atoms with van der Waals surface area (Å²) in [5.74, 6) is -0.0617. The van der Waals surface area contributed by atoms with Gasteiger partial charge in [0.15, 0.2) is 0 Å². The first-order chi connectivity index (χ1) is 7.91. The third-order valence-electron chi connectivity index (χ3n) is 2.69. The fraction of sp³-hybridized carbons (Fsp3) is 0.385. The zero-order chi connectivity index (χ0) is 13.0. The number of amides is 1. The van der Waals surface area contributed by atoms with E-state index in [9.17, 15) is 4.79 Å². The topological polar surface area (TPSA) is 55.1 Å². The van der Waals surface area contributed by atoms with Gasteiger partial charge in [-0.3, -0.25) is 4.79 Å². The summed E-state index contributed by atoms with van der Waals surface area (Å²) in [5.41, 5.74) is 8.24. The van der Waals surface area contributed by atoms with Crippen LogP contribution in [0.3, 0.4) is 0 Å². The number of hydrogen-bond acceptors (Lipinski definition) is 2. The second-order valence-electron chi connectivity index (χ2n) is 4.33. The molecule has 1 rings (SSSR count). The summed E-state index contributed by atoms with van der Waals surface area (Å²) < 4.78 is 0. The lowest BCUT2D eigenvalue weighted by molar-refractivity contribution is 0.0950. The van der Waals surface area contributed by atoms with Gasteiger partial charge in [-0.05, 0) is 25.5 Å². The van der Waals surface area contributed by atoms with Gasteiger partial charge in [0.05, 0.1) is 4.99 Å². The summed E-state index contributed by atoms with van der Waals surface area (Å²) in [5, 5.41) is 2.84. The molecule has 0 fully saturated rings. The van der Waals surface area contributed by atoms with Crippen molar-refractivity contribution < 1.29 is 4.79 Å². The molecule has 3 nitrogen and oxygen atoms in total. The molecular formula is C13H18N2OS. The summed E-state index contributed by atoms with van der Waals surface area (Å²) in [6.07, 6.45) is 0. The van der Waals surface area contributed by atoms with Crippen molar-refractivity contribution in [2.45, 2.75) is 20.8 Å². The summed E-state index contributed by atoms with van der Waals surface area (Å²) in [6.45, 7) is 6.26. The van der Waals surface area contributed by atoms with Crippen molar-refractivity contribution in [3.8, 4) is 0 Å². The molecule has 0 aliphatic carbocycles. The van der Waals surface area contributed by atoms with Crippen molar-refractivity contribution in [2.24, 2.45) is 11.7 Å². The maximum Gasteiger partial charge on any atom is 0.251 e. The van der Waals surface area contributed by atoms with Gasteiger partial charge in [0.1, 0.15) is 0 Å². The summed E-state index contributed by atoms with van der Waals surface area (Å²) >= 11 is 4.86. The first kappa shape index (κ1) is 13.6. The van der Waals surface area contributed by atoms with E-state index >= 15 is 0 Å². The molecule has 0 aliphatic heterocycles. The minimum Gasteiger partial charge on any atom is -0.393 e. The molecule has 3 N–H and O–H groups in total. The number of carbonyl (C=O) groups is 1. The van der Waals surface area contributed by atoms with Gasteiger partial charge >= 0.3 is 0 Å². The molecule has 4 heteroatoms. The minimum absolute atomic E-state index is 0.0130. The minimum atomic E-state index is -0.0747. The van der Waals surface area contributed by atoms with Crippen LogP contribution < -0.4 is 11.1 Å². The third kappa shape index (κ3) is 3.82. The Labute approximate surface area is 107 Å². The quantitative estimate of drug-likeness (QED) is 0.803. The van der Waals surface area contributed by atoms with Crippen molar-refractivity contribution in [3.63, 3.8) is 0 Å². The molecule has 0 aliphatic rings. The molecule has 1 unspecified atom stereocenters. The van der Waals surface area contributed by atoms with Crippen molar-refractivity contribution in [2.75, 3.05) is 6.54 Å². The van der Waals surface area contributed by atoms with Crippen molar-refractivity contribution in [1.82, 2.24) is 5.32 Å². The van der Waals surface area contributed by atoms with Crippen molar-refractivity contribution in [3.05, 3.63) is 34.9 Å². The Bertz CT molecular complexity index is 443. The first-order valence-corrected chi connectivity index (χ1v) is 5.97. The van der Waals surface area contributed by atoms with Crippen LogP contribution >= 0.6 is 12.2 Å². The van der Waals surface area contributed by atoms with Crippen LogP contribution in [0.25, 0.3) is 0 Å². The third-order valence-corrected chi connectivity index (χ3v) is 3.09. The standard InChI is InChI=1S/C13H18N2OS/c1-8-4-5-9(2)11(6-8)13(16)15-7-10(3)12(14)17/h4-6,10H,7H2,1-3H3,(H2,14,17)(H,15,16). The normalized spacial score (nSPS) is 11.9. The van der Waals surface area contributed by atoms with Gasteiger partial charge in [0, 0.05) is 18.0 Å². The maximum atomic E-state index is 11.9. The molecule has 0 saturated heterocycles. The molecule has 0 spiro atoms. The lowest BCUT2D eigenvalue weighted by Gasteiger charge is -2.12. The molecule has 1 atom stereocenters. The average molecular weight is 250 g/mol. The highest BCUT2D eigenvalue weighted by atomic mass is 32.1. The van der Waals surface area contributed by atoms with E-state index in [4.69, 9.17) is 18.0 Å². The molecule has 17 heavy (non-hydrogen) atoms.